The number of Topliss-reactive ketones (excluding diaryl/α,β-unsaturated/α-hetero) is 1. The van der Waals surface area contributed by atoms with Gasteiger partial charge in [0.1, 0.15) is 5.82 Å². The van der Waals surface area contributed by atoms with Crippen LogP contribution in [0.4, 0.5) is 0 Å². The van der Waals surface area contributed by atoms with E-state index in [0.29, 0.717) is 19.4 Å². The Morgan fingerprint density at radius 1 is 1.38 bits per heavy atom. The number of hydrogen-bond acceptors (Lipinski definition) is 4. The number of carbonyl (C=O) groups is 1. The third-order valence-corrected chi connectivity index (χ3v) is 2.82. The highest BCUT2D eigenvalue weighted by Gasteiger charge is 2.17. The van der Waals surface area contributed by atoms with Gasteiger partial charge in [0, 0.05) is 26.1 Å². The Morgan fingerprint density at radius 2 is 2.19 bits per heavy atom. The molecule has 4 nitrogen and oxygen atoms in total. The second-order valence-corrected chi connectivity index (χ2v) is 4.02. The summed E-state index contributed by atoms with van der Waals surface area (Å²) in [5.74, 6) is 0.959. The zero-order valence-electron chi connectivity index (χ0n) is 9.53. The standard InChI is InChI=1S/C12H16N2O2/c1-16-7-6-12-13-8-9-10(14-12)4-2-3-5-11(9)15/h8H,2-7H2,1H3. The second kappa shape index (κ2) is 5.16. The first-order valence-corrected chi connectivity index (χ1v) is 5.68. The Kier molecular flexibility index (Phi) is 3.62. The highest BCUT2D eigenvalue weighted by atomic mass is 16.5. The van der Waals surface area contributed by atoms with Crippen LogP contribution in [-0.4, -0.2) is 29.5 Å². The molecule has 0 aromatic carbocycles. The Balaban J connectivity index is 2.23. The van der Waals surface area contributed by atoms with E-state index in [1.54, 1.807) is 13.3 Å². The van der Waals surface area contributed by atoms with Crippen LogP contribution in [0.5, 0.6) is 0 Å². The highest BCUT2D eigenvalue weighted by molar-refractivity contribution is 5.97. The molecule has 0 unspecified atom stereocenters. The van der Waals surface area contributed by atoms with Crippen LogP contribution in [0, 0.1) is 0 Å². The Labute approximate surface area is 95.1 Å². The van der Waals surface area contributed by atoms with Crippen LogP contribution in [-0.2, 0) is 17.6 Å². The van der Waals surface area contributed by atoms with Crippen molar-refractivity contribution >= 4 is 5.78 Å². The van der Waals surface area contributed by atoms with Gasteiger partial charge >= 0.3 is 0 Å². The predicted molar refractivity (Wildman–Crippen MR) is 59.5 cm³/mol. The van der Waals surface area contributed by atoms with E-state index in [9.17, 15) is 4.79 Å². The van der Waals surface area contributed by atoms with Gasteiger partial charge in [0.15, 0.2) is 5.78 Å². The maximum atomic E-state index is 11.7. The Bertz CT molecular complexity index is 391. The van der Waals surface area contributed by atoms with E-state index in [2.05, 4.69) is 9.97 Å². The molecular formula is C12H16N2O2. The van der Waals surface area contributed by atoms with Gasteiger partial charge in [-0.1, -0.05) is 0 Å². The van der Waals surface area contributed by atoms with Crippen molar-refractivity contribution in [2.24, 2.45) is 0 Å². The molecule has 0 N–H and O–H groups in total. The van der Waals surface area contributed by atoms with Gasteiger partial charge in [0.2, 0.25) is 0 Å². The second-order valence-electron chi connectivity index (χ2n) is 4.02. The lowest BCUT2D eigenvalue weighted by atomic mass is 10.1. The van der Waals surface area contributed by atoms with Gasteiger partial charge in [-0.15, -0.1) is 0 Å². The van der Waals surface area contributed by atoms with Crippen molar-refractivity contribution in [3.05, 3.63) is 23.3 Å². The summed E-state index contributed by atoms with van der Waals surface area (Å²) in [7, 11) is 1.66. The summed E-state index contributed by atoms with van der Waals surface area (Å²) in [4.78, 5) is 20.4. The molecule has 0 amide bonds. The maximum Gasteiger partial charge on any atom is 0.166 e. The minimum Gasteiger partial charge on any atom is -0.384 e. The summed E-state index contributed by atoms with van der Waals surface area (Å²) in [6.45, 7) is 0.618. The van der Waals surface area contributed by atoms with Crippen molar-refractivity contribution in [1.82, 2.24) is 9.97 Å². The molecule has 0 radical (unpaired) electrons. The van der Waals surface area contributed by atoms with E-state index in [1.165, 1.54) is 0 Å². The van der Waals surface area contributed by atoms with Crippen LogP contribution in [0.25, 0.3) is 0 Å². The zero-order chi connectivity index (χ0) is 11.4. The SMILES string of the molecule is COCCc1ncc2c(n1)CCCCC2=O. The molecule has 0 spiro atoms. The van der Waals surface area contributed by atoms with Gasteiger partial charge in [-0.25, -0.2) is 9.97 Å². The molecule has 86 valence electrons. The van der Waals surface area contributed by atoms with E-state index in [-0.39, 0.29) is 5.78 Å². The number of methoxy groups -OCH3 is 1. The first-order valence-electron chi connectivity index (χ1n) is 5.68. The van der Waals surface area contributed by atoms with E-state index >= 15 is 0 Å². The van der Waals surface area contributed by atoms with Crippen molar-refractivity contribution in [2.45, 2.75) is 32.1 Å². The average Bonchev–Trinajstić information content (AvgIpc) is 2.49. The average molecular weight is 220 g/mol. The number of fused-ring (bicyclic) bond motifs is 1. The highest BCUT2D eigenvalue weighted by Crippen LogP contribution is 2.18. The molecule has 4 heteroatoms. The Morgan fingerprint density at radius 3 is 3.00 bits per heavy atom. The molecule has 1 heterocycles. The molecule has 0 atom stereocenters. The van der Waals surface area contributed by atoms with Gasteiger partial charge in [-0.05, 0) is 19.3 Å². The Hall–Kier alpha value is -1.29. The van der Waals surface area contributed by atoms with E-state index in [0.717, 1.165) is 36.3 Å². The lowest BCUT2D eigenvalue weighted by molar-refractivity contribution is 0.0981. The first-order chi connectivity index (χ1) is 7.81. The summed E-state index contributed by atoms with van der Waals surface area (Å²) in [6.07, 6.45) is 5.92. The van der Waals surface area contributed by atoms with E-state index in [4.69, 9.17) is 4.74 Å². The first kappa shape index (κ1) is 11.2. The lowest BCUT2D eigenvalue weighted by Crippen LogP contribution is -2.08. The number of aryl methyl sites for hydroxylation is 1. The fourth-order valence-corrected chi connectivity index (χ4v) is 1.91. The van der Waals surface area contributed by atoms with Crippen molar-refractivity contribution < 1.29 is 9.53 Å². The topological polar surface area (TPSA) is 52.1 Å². The van der Waals surface area contributed by atoms with Gasteiger partial charge in [0.05, 0.1) is 17.9 Å². The molecule has 1 aromatic rings. The number of carbonyl (C=O) groups excluding carboxylic acids is 1. The molecule has 16 heavy (non-hydrogen) atoms. The molecule has 0 bridgehead atoms. The smallest absolute Gasteiger partial charge is 0.166 e. The molecule has 1 aromatic heterocycles. The van der Waals surface area contributed by atoms with E-state index < -0.39 is 0 Å². The minimum atomic E-state index is 0.186. The van der Waals surface area contributed by atoms with Crippen molar-refractivity contribution in [3.63, 3.8) is 0 Å². The van der Waals surface area contributed by atoms with Gasteiger partial charge in [-0.3, -0.25) is 4.79 Å². The zero-order valence-corrected chi connectivity index (χ0v) is 9.53. The number of nitrogens with zero attached hydrogens (tertiary/aromatic N) is 2. The number of rotatable bonds is 3. The van der Waals surface area contributed by atoms with Crippen molar-refractivity contribution in [3.8, 4) is 0 Å². The quantitative estimate of drug-likeness (QED) is 0.726. The number of ether oxygens (including phenoxy) is 1. The summed E-state index contributed by atoms with van der Waals surface area (Å²) in [5, 5.41) is 0. The molecule has 0 saturated carbocycles. The summed E-state index contributed by atoms with van der Waals surface area (Å²) < 4.78 is 4.99. The summed E-state index contributed by atoms with van der Waals surface area (Å²) >= 11 is 0. The molecule has 1 aliphatic rings. The molecule has 0 aliphatic heterocycles. The summed E-state index contributed by atoms with van der Waals surface area (Å²) in [6, 6.07) is 0. The predicted octanol–water partition coefficient (Wildman–Crippen LogP) is 1.57. The molecular weight excluding hydrogens is 204 g/mol. The molecule has 0 fully saturated rings. The molecule has 0 saturated heterocycles. The lowest BCUT2D eigenvalue weighted by Gasteiger charge is -2.05. The third-order valence-electron chi connectivity index (χ3n) is 2.82. The fraction of sp³-hybridized carbons (Fsp3) is 0.583. The number of aromatic nitrogens is 2. The normalized spacial score (nSPS) is 15.7. The largest absolute Gasteiger partial charge is 0.384 e. The molecule has 1 aliphatic carbocycles. The maximum absolute atomic E-state index is 11.7. The summed E-state index contributed by atoms with van der Waals surface area (Å²) in [5.41, 5.74) is 1.64. The van der Waals surface area contributed by atoms with Crippen LogP contribution in [0.15, 0.2) is 6.20 Å². The number of hydrogen-bond donors (Lipinski definition) is 0. The minimum absolute atomic E-state index is 0.186. The third kappa shape index (κ3) is 2.44. The molecule has 2 rings (SSSR count). The van der Waals surface area contributed by atoms with Crippen LogP contribution >= 0.6 is 0 Å². The number of ketones is 1. The van der Waals surface area contributed by atoms with Crippen LogP contribution in [0.2, 0.25) is 0 Å². The monoisotopic (exact) mass is 220 g/mol. The van der Waals surface area contributed by atoms with Gasteiger partial charge < -0.3 is 4.74 Å². The van der Waals surface area contributed by atoms with E-state index in [1.807, 2.05) is 0 Å². The van der Waals surface area contributed by atoms with Gasteiger partial charge in [-0.2, -0.15) is 0 Å². The van der Waals surface area contributed by atoms with Crippen molar-refractivity contribution in [2.75, 3.05) is 13.7 Å². The van der Waals surface area contributed by atoms with Crippen molar-refractivity contribution in [1.29, 1.82) is 0 Å². The van der Waals surface area contributed by atoms with Gasteiger partial charge in [0.25, 0.3) is 0 Å². The van der Waals surface area contributed by atoms with Crippen LogP contribution in [0.1, 0.15) is 41.1 Å². The van der Waals surface area contributed by atoms with Crippen LogP contribution in [0.3, 0.4) is 0 Å². The fourth-order valence-electron chi connectivity index (χ4n) is 1.91. The van der Waals surface area contributed by atoms with Crippen LogP contribution < -0.4 is 0 Å².